The van der Waals surface area contributed by atoms with E-state index in [1.54, 1.807) is 30.1 Å². The van der Waals surface area contributed by atoms with Gasteiger partial charge in [-0.1, -0.05) is 19.1 Å². The molecule has 0 aromatic carbocycles. The summed E-state index contributed by atoms with van der Waals surface area (Å²) in [7, 11) is 1.78. The average Bonchev–Trinajstić information content (AvgIpc) is 3.23. The number of aryl methyl sites for hydroxylation is 1. The van der Waals surface area contributed by atoms with E-state index in [0.29, 0.717) is 42.5 Å². The van der Waals surface area contributed by atoms with Crippen LogP contribution in [0.2, 0.25) is 0 Å². The van der Waals surface area contributed by atoms with Crippen molar-refractivity contribution in [1.29, 1.82) is 5.26 Å². The van der Waals surface area contributed by atoms with Crippen molar-refractivity contribution in [2.75, 3.05) is 5.32 Å². The molecule has 3 heterocycles. The largest absolute Gasteiger partial charge is 0.487 e. The summed E-state index contributed by atoms with van der Waals surface area (Å²) in [6.07, 6.45) is 4.04. The molecule has 0 amide bonds. The third-order valence-corrected chi connectivity index (χ3v) is 6.10. The standard InChI is InChI=1S/C24H28N8O3/c1-14(2)17-9-10-26-24(29-17)27-13-20-22(30-31-32(20)3)18-7-8-21(19(12-25)28-18)35-16-6-4-5-15(11-16)23(33)34/h7-10,14-16H,4-6,11,13H2,1-3H3,(H,33,34)(H,26,27,29)/t15-,16-/m0/s1. The molecule has 4 rings (SSSR count). The van der Waals surface area contributed by atoms with E-state index in [9.17, 15) is 15.2 Å². The predicted molar refractivity (Wildman–Crippen MR) is 126 cm³/mol. The zero-order valence-corrected chi connectivity index (χ0v) is 20.0. The Morgan fingerprint density at radius 2 is 2.14 bits per heavy atom. The van der Waals surface area contributed by atoms with Crippen LogP contribution in [-0.4, -0.2) is 47.1 Å². The minimum Gasteiger partial charge on any atom is -0.487 e. The molecule has 0 saturated heterocycles. The third kappa shape index (κ3) is 5.54. The van der Waals surface area contributed by atoms with Crippen molar-refractivity contribution in [1.82, 2.24) is 29.9 Å². The van der Waals surface area contributed by atoms with Crippen LogP contribution in [0.4, 0.5) is 5.95 Å². The van der Waals surface area contributed by atoms with Crippen molar-refractivity contribution >= 4 is 11.9 Å². The van der Waals surface area contributed by atoms with Crippen molar-refractivity contribution in [3.05, 3.63) is 41.5 Å². The number of nitrogens with zero attached hydrogens (tertiary/aromatic N) is 7. The first-order chi connectivity index (χ1) is 16.9. The van der Waals surface area contributed by atoms with Gasteiger partial charge >= 0.3 is 5.97 Å². The zero-order chi connectivity index (χ0) is 24.9. The molecule has 0 aliphatic heterocycles. The fraction of sp³-hybridized carbons (Fsp3) is 0.458. The van der Waals surface area contributed by atoms with Crippen LogP contribution < -0.4 is 10.1 Å². The monoisotopic (exact) mass is 476 g/mol. The van der Waals surface area contributed by atoms with Gasteiger partial charge in [0.15, 0.2) is 11.4 Å². The van der Waals surface area contributed by atoms with E-state index < -0.39 is 11.9 Å². The van der Waals surface area contributed by atoms with Crippen LogP contribution in [0.25, 0.3) is 11.4 Å². The van der Waals surface area contributed by atoms with Gasteiger partial charge in [0.1, 0.15) is 11.8 Å². The molecule has 0 spiro atoms. The van der Waals surface area contributed by atoms with Crippen molar-refractivity contribution in [2.24, 2.45) is 13.0 Å². The summed E-state index contributed by atoms with van der Waals surface area (Å²) in [4.78, 5) is 24.6. The van der Waals surface area contributed by atoms with E-state index in [4.69, 9.17) is 4.74 Å². The van der Waals surface area contributed by atoms with Crippen LogP contribution in [0.3, 0.4) is 0 Å². The molecule has 2 N–H and O–H groups in total. The summed E-state index contributed by atoms with van der Waals surface area (Å²) in [5.74, 6) is -0.103. The highest BCUT2D eigenvalue weighted by molar-refractivity contribution is 5.70. The molecule has 11 nitrogen and oxygen atoms in total. The van der Waals surface area contributed by atoms with Gasteiger partial charge in [-0.3, -0.25) is 4.79 Å². The van der Waals surface area contributed by atoms with Crippen LogP contribution in [0.1, 0.15) is 62.5 Å². The quantitative estimate of drug-likeness (QED) is 0.495. The first-order valence-electron chi connectivity index (χ1n) is 11.6. The molecule has 3 aromatic heterocycles. The lowest BCUT2D eigenvalue weighted by Crippen LogP contribution is -2.29. The first-order valence-corrected chi connectivity index (χ1v) is 11.6. The Bertz CT molecular complexity index is 1250. The molecule has 2 atom stereocenters. The summed E-state index contributed by atoms with van der Waals surface area (Å²) in [6.45, 7) is 4.50. The fourth-order valence-electron chi connectivity index (χ4n) is 4.13. The van der Waals surface area contributed by atoms with Gasteiger partial charge in [0, 0.05) is 18.9 Å². The molecule has 1 fully saturated rings. The second kappa shape index (κ2) is 10.5. The number of nitrogens with one attached hydrogen (secondary N) is 1. The van der Waals surface area contributed by atoms with Gasteiger partial charge in [0.2, 0.25) is 5.95 Å². The molecular formula is C24H28N8O3. The third-order valence-electron chi connectivity index (χ3n) is 6.10. The number of carbonyl (C=O) groups is 1. The number of carboxylic acid groups (broad SMARTS) is 1. The molecule has 3 aromatic rings. The average molecular weight is 477 g/mol. The number of anilines is 1. The Morgan fingerprint density at radius 1 is 1.31 bits per heavy atom. The normalized spacial score (nSPS) is 17.7. The van der Waals surface area contributed by atoms with Gasteiger partial charge < -0.3 is 15.2 Å². The maximum absolute atomic E-state index is 11.4. The van der Waals surface area contributed by atoms with E-state index in [-0.39, 0.29) is 17.7 Å². The molecule has 1 aliphatic carbocycles. The summed E-state index contributed by atoms with van der Waals surface area (Å²) < 4.78 is 7.64. The number of carboxylic acids is 1. The molecule has 182 valence electrons. The highest BCUT2D eigenvalue weighted by Gasteiger charge is 2.29. The summed E-state index contributed by atoms with van der Waals surface area (Å²) in [5, 5.41) is 30.6. The maximum atomic E-state index is 11.4. The van der Waals surface area contributed by atoms with E-state index in [1.165, 1.54) is 0 Å². The highest BCUT2D eigenvalue weighted by atomic mass is 16.5. The Hall–Kier alpha value is -4.07. The molecule has 1 saturated carbocycles. The number of aromatic nitrogens is 6. The van der Waals surface area contributed by atoms with Crippen molar-refractivity contribution in [2.45, 2.75) is 58.1 Å². The van der Waals surface area contributed by atoms with Crippen molar-refractivity contribution in [3.63, 3.8) is 0 Å². The van der Waals surface area contributed by atoms with Crippen LogP contribution >= 0.6 is 0 Å². The van der Waals surface area contributed by atoms with E-state index in [0.717, 1.165) is 24.2 Å². The minimum atomic E-state index is -0.808. The summed E-state index contributed by atoms with van der Waals surface area (Å²) >= 11 is 0. The number of aliphatic carboxylic acids is 1. The topological polar surface area (TPSA) is 152 Å². The van der Waals surface area contributed by atoms with Crippen LogP contribution in [0.5, 0.6) is 5.75 Å². The summed E-state index contributed by atoms with van der Waals surface area (Å²) in [6, 6.07) is 7.40. The van der Waals surface area contributed by atoms with Gasteiger partial charge in [-0.25, -0.2) is 19.6 Å². The molecule has 0 unspecified atom stereocenters. The Kier molecular flexibility index (Phi) is 7.19. The smallest absolute Gasteiger partial charge is 0.306 e. The van der Waals surface area contributed by atoms with Gasteiger partial charge in [-0.05, 0) is 49.8 Å². The molecule has 0 radical (unpaired) electrons. The molecule has 1 aliphatic rings. The first kappa shape index (κ1) is 24.1. The molecule has 35 heavy (non-hydrogen) atoms. The van der Waals surface area contributed by atoms with Gasteiger partial charge in [-0.15, -0.1) is 5.10 Å². The second-order valence-electron chi connectivity index (χ2n) is 8.92. The van der Waals surface area contributed by atoms with Crippen LogP contribution in [-0.2, 0) is 18.4 Å². The Labute approximate surface area is 203 Å². The second-order valence-corrected chi connectivity index (χ2v) is 8.92. The van der Waals surface area contributed by atoms with Crippen LogP contribution in [0, 0.1) is 17.2 Å². The Balaban J connectivity index is 1.52. The van der Waals surface area contributed by atoms with Gasteiger partial charge in [-0.2, -0.15) is 5.26 Å². The maximum Gasteiger partial charge on any atom is 0.306 e. The lowest BCUT2D eigenvalue weighted by molar-refractivity contribution is -0.143. The van der Waals surface area contributed by atoms with Gasteiger partial charge in [0.25, 0.3) is 0 Å². The van der Waals surface area contributed by atoms with Crippen molar-refractivity contribution < 1.29 is 14.6 Å². The molecular weight excluding hydrogens is 448 g/mol. The van der Waals surface area contributed by atoms with Crippen molar-refractivity contribution in [3.8, 4) is 23.2 Å². The Morgan fingerprint density at radius 3 is 2.89 bits per heavy atom. The van der Waals surface area contributed by atoms with E-state index in [2.05, 4.69) is 50.5 Å². The number of hydrogen-bond donors (Lipinski definition) is 2. The highest BCUT2D eigenvalue weighted by Crippen LogP contribution is 2.30. The van der Waals surface area contributed by atoms with E-state index in [1.807, 2.05) is 6.07 Å². The van der Waals surface area contributed by atoms with Gasteiger partial charge in [0.05, 0.1) is 30.0 Å². The number of rotatable bonds is 8. The predicted octanol–water partition coefficient (Wildman–Crippen LogP) is 3.30. The lowest BCUT2D eigenvalue weighted by Gasteiger charge is -2.27. The number of pyridine rings is 1. The lowest BCUT2D eigenvalue weighted by atomic mass is 9.87. The minimum absolute atomic E-state index is 0.123. The van der Waals surface area contributed by atoms with Crippen LogP contribution in [0.15, 0.2) is 24.4 Å². The number of ether oxygens (including phenoxy) is 1. The summed E-state index contributed by atoms with van der Waals surface area (Å²) in [5.41, 5.74) is 2.84. The molecule has 0 bridgehead atoms. The fourth-order valence-corrected chi connectivity index (χ4v) is 4.13. The SMILES string of the molecule is CC(C)c1ccnc(NCc2c(-c3ccc(O[C@H]4CCC[C@H](C(=O)O)C4)c(C#N)n3)nnn2C)n1. The molecule has 11 heteroatoms. The zero-order valence-electron chi connectivity index (χ0n) is 20.0. The number of hydrogen-bond acceptors (Lipinski definition) is 9. The number of nitriles is 1. The van der Waals surface area contributed by atoms with E-state index >= 15 is 0 Å².